The second-order valence-electron chi connectivity index (χ2n) is 6.76. The van der Waals surface area contributed by atoms with Gasteiger partial charge < -0.3 is 14.6 Å². The minimum absolute atomic E-state index is 0.0668. The number of pyridine rings is 1. The normalized spacial score (nSPS) is 15.5. The van der Waals surface area contributed by atoms with E-state index in [1.165, 1.54) is 16.9 Å². The third-order valence-corrected chi connectivity index (χ3v) is 6.04. The van der Waals surface area contributed by atoms with Gasteiger partial charge in [0.15, 0.2) is 10.8 Å². The van der Waals surface area contributed by atoms with Gasteiger partial charge in [0.25, 0.3) is 0 Å². The number of aromatic amines is 1. The molecular formula is C20H23N3O2S. The maximum atomic E-state index is 12.3. The zero-order chi connectivity index (χ0) is 18.1. The number of para-hydroxylation sites is 1. The van der Waals surface area contributed by atoms with Gasteiger partial charge in [-0.2, -0.15) is 0 Å². The maximum Gasteiger partial charge on any atom is 0.201 e. The largest absolute Gasteiger partial charge is 0.490 e. The topological polar surface area (TPSA) is 58.2 Å². The second-order valence-corrected chi connectivity index (χ2v) is 7.73. The van der Waals surface area contributed by atoms with Crippen molar-refractivity contribution in [3.05, 3.63) is 51.8 Å². The Morgan fingerprint density at radius 3 is 2.81 bits per heavy atom. The summed E-state index contributed by atoms with van der Waals surface area (Å²) in [5, 5.41) is 0.927. The summed E-state index contributed by atoms with van der Waals surface area (Å²) in [5.74, 6) is 0.976. The average Bonchev–Trinajstić information content (AvgIpc) is 3.09. The van der Waals surface area contributed by atoms with Crippen molar-refractivity contribution in [2.24, 2.45) is 0 Å². The van der Waals surface area contributed by atoms with Crippen LogP contribution in [0.1, 0.15) is 31.0 Å². The summed E-state index contributed by atoms with van der Waals surface area (Å²) >= 11 is 1.49. The van der Waals surface area contributed by atoms with Crippen LogP contribution in [0.5, 0.6) is 5.75 Å². The SMILES string of the molecule is CCc1cc(=O)c2sc(N3CCC(Oc4ccccc4C)CC3)nc2[nH]1. The Morgan fingerprint density at radius 2 is 2.08 bits per heavy atom. The van der Waals surface area contributed by atoms with Gasteiger partial charge in [-0.3, -0.25) is 4.79 Å². The number of anilines is 1. The van der Waals surface area contributed by atoms with E-state index >= 15 is 0 Å². The minimum Gasteiger partial charge on any atom is -0.490 e. The molecule has 2 aromatic heterocycles. The lowest BCUT2D eigenvalue weighted by molar-refractivity contribution is 0.170. The standard InChI is InChI=1S/C20H23N3O2S/c1-3-14-12-16(24)18-19(21-14)22-20(26-18)23-10-8-15(9-11-23)25-17-7-5-4-6-13(17)2/h4-7,12,15H,3,8-11H2,1-2H3,(H,21,24). The molecule has 0 atom stereocenters. The Morgan fingerprint density at radius 1 is 1.31 bits per heavy atom. The van der Waals surface area contributed by atoms with E-state index in [1.54, 1.807) is 6.07 Å². The summed E-state index contributed by atoms with van der Waals surface area (Å²) < 4.78 is 6.90. The number of nitrogens with one attached hydrogen (secondary N) is 1. The number of fused-ring (bicyclic) bond motifs is 1. The number of benzene rings is 1. The highest BCUT2D eigenvalue weighted by Crippen LogP contribution is 2.29. The summed E-state index contributed by atoms with van der Waals surface area (Å²) in [5.41, 5.74) is 2.89. The van der Waals surface area contributed by atoms with Gasteiger partial charge >= 0.3 is 0 Å². The first-order chi connectivity index (χ1) is 12.6. The van der Waals surface area contributed by atoms with E-state index in [2.05, 4.69) is 27.9 Å². The lowest BCUT2D eigenvalue weighted by Crippen LogP contribution is -2.38. The smallest absolute Gasteiger partial charge is 0.201 e. The molecule has 5 nitrogen and oxygen atoms in total. The van der Waals surface area contributed by atoms with E-state index in [-0.39, 0.29) is 11.5 Å². The third kappa shape index (κ3) is 3.33. The zero-order valence-electron chi connectivity index (χ0n) is 15.1. The predicted molar refractivity (Wildman–Crippen MR) is 107 cm³/mol. The molecule has 0 radical (unpaired) electrons. The van der Waals surface area contributed by atoms with Crippen LogP contribution in [-0.2, 0) is 6.42 Å². The fraction of sp³-hybridized carbons (Fsp3) is 0.400. The molecule has 0 unspecified atom stereocenters. The van der Waals surface area contributed by atoms with E-state index < -0.39 is 0 Å². The highest BCUT2D eigenvalue weighted by atomic mass is 32.1. The number of aryl methyl sites for hydroxylation is 2. The Bertz CT molecular complexity index is 971. The number of hydrogen-bond acceptors (Lipinski definition) is 5. The van der Waals surface area contributed by atoms with Gasteiger partial charge in [-0.1, -0.05) is 36.5 Å². The number of piperidine rings is 1. The first-order valence-corrected chi connectivity index (χ1v) is 9.95. The molecule has 6 heteroatoms. The van der Waals surface area contributed by atoms with E-state index in [4.69, 9.17) is 4.74 Å². The molecular weight excluding hydrogens is 346 g/mol. The number of hydrogen-bond donors (Lipinski definition) is 1. The van der Waals surface area contributed by atoms with Gasteiger partial charge in [0.05, 0.1) is 0 Å². The van der Waals surface area contributed by atoms with Crippen LogP contribution in [0.15, 0.2) is 35.1 Å². The molecule has 0 bridgehead atoms. The van der Waals surface area contributed by atoms with Crippen molar-refractivity contribution in [2.75, 3.05) is 18.0 Å². The number of aromatic nitrogens is 2. The van der Waals surface area contributed by atoms with Crippen molar-refractivity contribution in [2.45, 2.75) is 39.2 Å². The third-order valence-electron chi connectivity index (χ3n) is 4.90. The summed E-state index contributed by atoms with van der Waals surface area (Å²) in [7, 11) is 0. The van der Waals surface area contributed by atoms with Gasteiger partial charge in [0.2, 0.25) is 5.43 Å². The van der Waals surface area contributed by atoms with Crippen LogP contribution in [-0.4, -0.2) is 29.2 Å². The maximum absolute atomic E-state index is 12.3. The van der Waals surface area contributed by atoms with E-state index in [9.17, 15) is 4.79 Å². The lowest BCUT2D eigenvalue weighted by Gasteiger charge is -2.32. The van der Waals surface area contributed by atoms with E-state index in [0.717, 1.165) is 53.6 Å². The number of H-pyrrole nitrogens is 1. The molecule has 3 heterocycles. The zero-order valence-corrected chi connectivity index (χ0v) is 15.9. The molecule has 1 aliphatic heterocycles. The van der Waals surface area contributed by atoms with Crippen molar-refractivity contribution in [3.8, 4) is 5.75 Å². The molecule has 1 aromatic carbocycles. The van der Waals surface area contributed by atoms with Gasteiger partial charge in [-0.25, -0.2) is 4.98 Å². The van der Waals surface area contributed by atoms with Gasteiger partial charge in [-0.15, -0.1) is 0 Å². The number of nitrogens with zero attached hydrogens (tertiary/aromatic N) is 2. The van der Waals surface area contributed by atoms with Crippen LogP contribution in [0.3, 0.4) is 0 Å². The summed E-state index contributed by atoms with van der Waals surface area (Å²) in [4.78, 5) is 22.5. The number of thiazole rings is 1. The predicted octanol–water partition coefficient (Wildman–Crippen LogP) is 3.90. The minimum atomic E-state index is 0.0668. The monoisotopic (exact) mass is 369 g/mol. The van der Waals surface area contributed by atoms with Crippen molar-refractivity contribution >= 4 is 26.8 Å². The molecule has 1 saturated heterocycles. The fourth-order valence-electron chi connectivity index (χ4n) is 3.33. The van der Waals surface area contributed by atoms with Crippen molar-refractivity contribution in [3.63, 3.8) is 0 Å². The van der Waals surface area contributed by atoms with Crippen LogP contribution in [0.2, 0.25) is 0 Å². The number of rotatable bonds is 4. The first-order valence-electron chi connectivity index (χ1n) is 9.14. The van der Waals surface area contributed by atoms with Crippen molar-refractivity contribution in [1.82, 2.24) is 9.97 Å². The molecule has 4 rings (SSSR count). The van der Waals surface area contributed by atoms with E-state index in [1.807, 2.05) is 25.1 Å². The number of ether oxygens (including phenoxy) is 1. The highest BCUT2D eigenvalue weighted by Gasteiger charge is 2.23. The van der Waals surface area contributed by atoms with Crippen LogP contribution in [0, 0.1) is 6.92 Å². The van der Waals surface area contributed by atoms with Crippen molar-refractivity contribution < 1.29 is 4.74 Å². The quantitative estimate of drug-likeness (QED) is 0.758. The molecule has 0 aliphatic carbocycles. The molecule has 0 saturated carbocycles. The molecule has 1 aliphatic rings. The highest BCUT2D eigenvalue weighted by molar-refractivity contribution is 7.22. The molecule has 0 spiro atoms. The van der Waals surface area contributed by atoms with Crippen LogP contribution in [0.4, 0.5) is 5.13 Å². The molecule has 1 fully saturated rings. The van der Waals surface area contributed by atoms with Crippen molar-refractivity contribution in [1.29, 1.82) is 0 Å². The van der Waals surface area contributed by atoms with E-state index in [0.29, 0.717) is 5.65 Å². The van der Waals surface area contributed by atoms with Crippen LogP contribution >= 0.6 is 11.3 Å². The Labute approximate surface area is 156 Å². The summed E-state index contributed by atoms with van der Waals surface area (Å²) in [6, 6.07) is 9.84. The molecule has 136 valence electrons. The average molecular weight is 369 g/mol. The van der Waals surface area contributed by atoms with Gasteiger partial charge in [0, 0.05) is 37.7 Å². The van der Waals surface area contributed by atoms with Gasteiger partial charge in [-0.05, 0) is 25.0 Å². The summed E-state index contributed by atoms with van der Waals surface area (Å²) in [6.07, 6.45) is 2.95. The summed E-state index contributed by atoms with van der Waals surface area (Å²) in [6.45, 7) is 5.90. The fourth-order valence-corrected chi connectivity index (χ4v) is 4.32. The Kier molecular flexibility index (Phi) is 4.68. The first kappa shape index (κ1) is 17.1. The molecule has 26 heavy (non-hydrogen) atoms. The Balaban J connectivity index is 1.46. The van der Waals surface area contributed by atoms with Gasteiger partial charge in [0.1, 0.15) is 16.6 Å². The molecule has 1 N–H and O–H groups in total. The Hall–Kier alpha value is -2.34. The second kappa shape index (κ2) is 7.11. The lowest BCUT2D eigenvalue weighted by atomic mass is 10.1. The molecule has 0 amide bonds. The molecule has 3 aromatic rings. The van der Waals surface area contributed by atoms with Crippen LogP contribution < -0.4 is 15.1 Å². The van der Waals surface area contributed by atoms with Crippen LogP contribution in [0.25, 0.3) is 10.3 Å².